The van der Waals surface area contributed by atoms with Crippen LogP contribution in [0.2, 0.25) is 0 Å². The highest BCUT2D eigenvalue weighted by Gasteiger charge is 2.35. The highest BCUT2D eigenvalue weighted by molar-refractivity contribution is 14.1. The summed E-state index contributed by atoms with van der Waals surface area (Å²) in [6.45, 7) is 7.64. The lowest BCUT2D eigenvalue weighted by Gasteiger charge is -2.26. The number of allylic oxidation sites excluding steroid dienone is 1. The molecule has 0 amide bonds. The monoisotopic (exact) mass is 743 g/mol. The Morgan fingerprint density at radius 2 is 1.92 bits per heavy atom. The average Bonchev–Trinajstić information content (AvgIpc) is 3.12. The van der Waals surface area contributed by atoms with Gasteiger partial charge in [-0.15, -0.1) is 0 Å². The molecule has 1 aliphatic rings. The lowest BCUT2D eigenvalue weighted by Crippen LogP contribution is -2.40. The van der Waals surface area contributed by atoms with E-state index in [0.29, 0.717) is 31.9 Å². The first-order valence-corrected chi connectivity index (χ1v) is 14.8. The van der Waals surface area contributed by atoms with Crippen LogP contribution in [0.25, 0.3) is 6.08 Å². The van der Waals surface area contributed by atoms with Gasteiger partial charge in [0.1, 0.15) is 11.8 Å². The van der Waals surface area contributed by atoms with Gasteiger partial charge in [-0.05, 0) is 103 Å². The molecule has 194 valence electrons. The van der Waals surface area contributed by atoms with Gasteiger partial charge in [-0.2, -0.15) is 0 Å². The summed E-state index contributed by atoms with van der Waals surface area (Å²) in [5.41, 5.74) is 3.32. The van der Waals surface area contributed by atoms with Crippen molar-refractivity contribution in [2.75, 3.05) is 19.0 Å². The molecule has 37 heavy (non-hydrogen) atoms. The predicted molar refractivity (Wildman–Crippen MR) is 164 cm³/mol. The number of halogens is 2. The van der Waals surface area contributed by atoms with Crippen LogP contribution in [-0.2, 0) is 9.53 Å². The summed E-state index contributed by atoms with van der Waals surface area (Å²) in [6.07, 6.45) is 1.79. The minimum Gasteiger partial charge on any atom is -0.491 e. The Kier molecular flexibility index (Phi) is 8.79. The van der Waals surface area contributed by atoms with E-state index in [0.717, 1.165) is 18.4 Å². The van der Waals surface area contributed by atoms with E-state index in [-0.39, 0.29) is 18.3 Å². The molecule has 1 atom stereocenters. The van der Waals surface area contributed by atoms with E-state index >= 15 is 0 Å². The van der Waals surface area contributed by atoms with Crippen LogP contribution in [0, 0.1) is 7.14 Å². The van der Waals surface area contributed by atoms with Gasteiger partial charge >= 0.3 is 5.97 Å². The van der Waals surface area contributed by atoms with Crippen molar-refractivity contribution in [1.29, 1.82) is 0 Å². The molecule has 2 aromatic carbocycles. The number of anilines is 1. The first kappa shape index (κ1) is 27.8. The number of benzene rings is 2. The third-order valence-electron chi connectivity index (χ3n) is 5.71. The zero-order valence-corrected chi connectivity index (χ0v) is 26.2. The van der Waals surface area contributed by atoms with Crippen molar-refractivity contribution in [3.8, 4) is 5.75 Å². The topological polar surface area (TPSA) is 81.9 Å². The molecule has 0 radical (unpaired) electrons. The molecule has 0 spiro atoms. The van der Waals surface area contributed by atoms with Crippen LogP contribution in [0.1, 0.15) is 44.9 Å². The molecule has 1 N–H and O–H groups in total. The molecule has 0 fully saturated rings. The molecule has 0 saturated heterocycles. The highest BCUT2D eigenvalue weighted by Crippen LogP contribution is 2.36. The molecule has 0 aliphatic carbocycles. The summed E-state index contributed by atoms with van der Waals surface area (Å²) < 4.78 is 15.7. The van der Waals surface area contributed by atoms with Crippen molar-refractivity contribution in [3.63, 3.8) is 0 Å². The number of fused-ring (bicyclic) bond motifs is 1. The van der Waals surface area contributed by atoms with Gasteiger partial charge in [0.2, 0.25) is 0 Å². The summed E-state index contributed by atoms with van der Waals surface area (Å²) in [7, 11) is 1.89. The lowest BCUT2D eigenvalue weighted by molar-refractivity contribution is -0.139. The number of esters is 1. The first-order chi connectivity index (χ1) is 17.7. The molecule has 10 heteroatoms. The molecule has 3 aromatic rings. The Morgan fingerprint density at radius 1 is 1.24 bits per heavy atom. The largest absolute Gasteiger partial charge is 0.491 e. The Morgan fingerprint density at radius 3 is 2.54 bits per heavy atom. The molecule has 0 bridgehead atoms. The van der Waals surface area contributed by atoms with Crippen molar-refractivity contribution >= 4 is 74.3 Å². The number of nitrogens with one attached hydrogen (secondary N) is 1. The van der Waals surface area contributed by atoms with Gasteiger partial charge in [0, 0.05) is 19.8 Å². The van der Waals surface area contributed by atoms with Crippen molar-refractivity contribution in [2.24, 2.45) is 4.99 Å². The fourth-order valence-corrected chi connectivity index (χ4v) is 7.62. The smallest absolute Gasteiger partial charge is 0.338 e. The maximum absolute atomic E-state index is 13.9. The zero-order chi connectivity index (χ0) is 26.9. The van der Waals surface area contributed by atoms with Crippen LogP contribution >= 0.6 is 56.5 Å². The van der Waals surface area contributed by atoms with Crippen LogP contribution in [0.3, 0.4) is 0 Å². The van der Waals surface area contributed by atoms with Crippen molar-refractivity contribution < 1.29 is 14.3 Å². The average molecular weight is 743 g/mol. The van der Waals surface area contributed by atoms with E-state index in [4.69, 9.17) is 9.47 Å². The maximum Gasteiger partial charge on any atom is 0.338 e. The Labute approximate surface area is 246 Å². The Bertz CT molecular complexity index is 1550. The summed E-state index contributed by atoms with van der Waals surface area (Å²) in [4.78, 5) is 32.3. The van der Waals surface area contributed by atoms with Gasteiger partial charge in [-0.1, -0.05) is 29.5 Å². The minimum atomic E-state index is -0.723. The Balaban J connectivity index is 1.97. The summed E-state index contributed by atoms with van der Waals surface area (Å²) >= 11 is 5.88. The SMILES string of the molecule is CCOC(=O)C1=C(C)N=c2s/c(=C/c3cc(I)c(NC)c(I)c3)c(=O)n2[C@@H]1c1ccccc1OC(C)C. The predicted octanol–water partition coefficient (Wildman–Crippen LogP) is 4.84. The fraction of sp³-hybridized carbons (Fsp3) is 0.296. The minimum absolute atomic E-state index is 0.0846. The third kappa shape index (κ3) is 5.65. The van der Waals surface area contributed by atoms with Gasteiger partial charge in [-0.3, -0.25) is 9.36 Å². The number of hydrogen-bond donors (Lipinski definition) is 1. The highest BCUT2D eigenvalue weighted by atomic mass is 127. The van der Waals surface area contributed by atoms with E-state index in [1.54, 1.807) is 18.4 Å². The van der Waals surface area contributed by atoms with Crippen LogP contribution in [0.15, 0.2) is 57.5 Å². The van der Waals surface area contributed by atoms with Crippen LogP contribution in [0.5, 0.6) is 5.75 Å². The van der Waals surface area contributed by atoms with Crippen molar-refractivity contribution in [2.45, 2.75) is 39.8 Å². The Hall–Kier alpha value is -2.19. The molecule has 0 unspecified atom stereocenters. The second-order valence-electron chi connectivity index (χ2n) is 8.62. The molecule has 2 heterocycles. The van der Waals surface area contributed by atoms with Crippen molar-refractivity contribution in [3.05, 3.63) is 85.6 Å². The van der Waals surface area contributed by atoms with E-state index in [1.807, 2.05) is 63.4 Å². The van der Waals surface area contributed by atoms with Gasteiger partial charge in [-0.25, -0.2) is 9.79 Å². The van der Waals surface area contributed by atoms with Crippen molar-refractivity contribution in [1.82, 2.24) is 4.57 Å². The van der Waals surface area contributed by atoms with Gasteiger partial charge in [0.05, 0.1) is 34.2 Å². The van der Waals surface area contributed by atoms with E-state index in [9.17, 15) is 9.59 Å². The van der Waals surface area contributed by atoms with Gasteiger partial charge in [0.15, 0.2) is 4.80 Å². The van der Waals surface area contributed by atoms with Gasteiger partial charge < -0.3 is 14.8 Å². The number of nitrogens with zero attached hydrogens (tertiary/aromatic N) is 2. The van der Waals surface area contributed by atoms with E-state index in [2.05, 4.69) is 55.5 Å². The van der Waals surface area contributed by atoms with Crippen LogP contribution < -0.4 is 24.9 Å². The fourth-order valence-electron chi connectivity index (χ4n) is 4.22. The first-order valence-electron chi connectivity index (χ1n) is 11.8. The second kappa shape index (κ2) is 11.7. The number of hydrogen-bond acceptors (Lipinski definition) is 7. The molecular weight excluding hydrogens is 716 g/mol. The number of carbonyl (C=O) groups excluding carboxylic acids is 1. The molecule has 1 aromatic heterocycles. The number of carbonyl (C=O) groups is 1. The molecule has 7 nitrogen and oxygen atoms in total. The zero-order valence-electron chi connectivity index (χ0n) is 21.1. The molecule has 4 rings (SSSR count). The number of ether oxygens (including phenoxy) is 2. The van der Waals surface area contributed by atoms with Gasteiger partial charge in [0.25, 0.3) is 5.56 Å². The lowest BCUT2D eigenvalue weighted by atomic mass is 9.95. The number of aromatic nitrogens is 1. The van der Waals surface area contributed by atoms with Crippen LogP contribution in [-0.4, -0.2) is 30.3 Å². The molecular formula is C27H27I2N3O4S. The van der Waals surface area contributed by atoms with E-state index < -0.39 is 12.0 Å². The number of rotatable bonds is 7. The summed E-state index contributed by atoms with van der Waals surface area (Å²) in [5.74, 6) is 0.120. The normalized spacial score (nSPS) is 15.5. The maximum atomic E-state index is 13.9. The third-order valence-corrected chi connectivity index (χ3v) is 8.39. The van der Waals surface area contributed by atoms with Crippen LogP contribution in [0.4, 0.5) is 5.69 Å². The summed E-state index contributed by atoms with van der Waals surface area (Å²) in [5, 5.41) is 3.21. The molecule has 0 saturated carbocycles. The van der Waals surface area contributed by atoms with E-state index in [1.165, 1.54) is 11.3 Å². The number of thiazole rings is 1. The quantitative estimate of drug-likeness (QED) is 0.277. The standard InChI is InChI=1S/C27H27I2N3O4S/c1-6-35-26(34)22-15(4)31-27-32(24(22)17-9-7-8-10-20(17)36-14(2)3)25(33)21(37-27)13-16-11-18(28)23(30-5)19(29)12-16/h7-14,24,30H,6H2,1-5H3/b21-13+/t24-/m1/s1. The second-order valence-corrected chi connectivity index (χ2v) is 11.9. The number of para-hydroxylation sites is 1. The summed E-state index contributed by atoms with van der Waals surface area (Å²) in [6, 6.07) is 10.8. The molecule has 1 aliphatic heterocycles.